The van der Waals surface area contributed by atoms with Gasteiger partial charge in [-0.15, -0.1) is 9.35 Å². The number of carbonyl (C=O) groups excluding carboxylic acids is 2. The van der Waals surface area contributed by atoms with Crippen molar-refractivity contribution >= 4 is 32.7 Å². The van der Waals surface area contributed by atoms with Crippen LogP contribution in [0.15, 0.2) is 36.4 Å². The molecule has 0 unspecified atom stereocenters. The average molecular weight is 387 g/mol. The topological polar surface area (TPSA) is 80.8 Å². The number of hydrogen-bond donors (Lipinski definition) is 0. The van der Waals surface area contributed by atoms with Gasteiger partial charge in [0.25, 0.3) is 21.9 Å². The predicted octanol–water partition coefficient (Wildman–Crippen LogP) is 3.04. The van der Waals surface area contributed by atoms with Crippen LogP contribution in [0.1, 0.15) is 33.6 Å². The molecule has 0 N–H and O–H groups in total. The molecule has 0 bridgehead atoms. The zero-order chi connectivity index (χ0) is 19.1. The van der Waals surface area contributed by atoms with Crippen molar-refractivity contribution in [3.63, 3.8) is 0 Å². The third-order valence-corrected chi connectivity index (χ3v) is 4.94. The highest BCUT2D eigenvalue weighted by molar-refractivity contribution is 7.86. The molecular weight excluding hydrogens is 375 g/mol. The lowest BCUT2D eigenvalue weighted by Crippen LogP contribution is -2.42. The van der Waals surface area contributed by atoms with Crippen molar-refractivity contribution in [1.82, 2.24) is 5.06 Å². The second kappa shape index (κ2) is 6.36. The molecule has 1 aliphatic rings. The maximum atomic E-state index is 12.5. The van der Waals surface area contributed by atoms with E-state index < -0.39 is 46.7 Å². The first-order valence-corrected chi connectivity index (χ1v) is 9.06. The molecule has 0 spiro atoms. The number of benzene rings is 2. The van der Waals surface area contributed by atoms with Crippen LogP contribution in [-0.4, -0.2) is 37.2 Å². The predicted molar refractivity (Wildman–Crippen MR) is 84.6 cm³/mol. The SMILES string of the molecule is O=C1c2cccc3cccc(c23)C(=O)N1OS(=O)(=O)CCCC(F)(F)F. The Morgan fingerprint density at radius 2 is 1.50 bits per heavy atom. The van der Waals surface area contributed by atoms with E-state index in [0.29, 0.717) is 10.8 Å². The van der Waals surface area contributed by atoms with Gasteiger partial charge < -0.3 is 0 Å². The van der Waals surface area contributed by atoms with Crippen molar-refractivity contribution in [2.45, 2.75) is 19.0 Å². The Balaban J connectivity index is 1.86. The Kier molecular flexibility index (Phi) is 4.49. The van der Waals surface area contributed by atoms with Gasteiger partial charge in [0.15, 0.2) is 0 Å². The first-order chi connectivity index (χ1) is 12.1. The summed E-state index contributed by atoms with van der Waals surface area (Å²) < 4.78 is 64.8. The van der Waals surface area contributed by atoms with Gasteiger partial charge in [-0.2, -0.15) is 21.6 Å². The van der Waals surface area contributed by atoms with Crippen LogP contribution >= 0.6 is 0 Å². The molecule has 3 rings (SSSR count). The standard InChI is InChI=1S/C16H12F3NO5S/c17-16(18,19)8-3-9-26(23,24)25-20-14(21)11-6-1-4-10-5-2-7-12(13(10)11)15(20)22/h1-2,4-7H,3,8-9H2. The molecule has 0 atom stereocenters. The smallest absolute Gasteiger partial charge is 0.266 e. The first kappa shape index (κ1) is 18.3. The molecule has 1 heterocycles. The van der Waals surface area contributed by atoms with Gasteiger partial charge in [0.2, 0.25) is 0 Å². The lowest BCUT2D eigenvalue weighted by Gasteiger charge is -2.25. The third-order valence-electron chi connectivity index (χ3n) is 3.78. The molecule has 0 aliphatic carbocycles. The van der Waals surface area contributed by atoms with Gasteiger partial charge in [-0.05, 0) is 23.9 Å². The van der Waals surface area contributed by atoms with E-state index >= 15 is 0 Å². The molecule has 26 heavy (non-hydrogen) atoms. The fourth-order valence-electron chi connectivity index (χ4n) is 2.68. The van der Waals surface area contributed by atoms with Gasteiger partial charge in [-0.3, -0.25) is 9.59 Å². The Bertz CT molecular complexity index is 950. The summed E-state index contributed by atoms with van der Waals surface area (Å²) in [5.74, 6) is -2.95. The lowest BCUT2D eigenvalue weighted by molar-refractivity contribution is -0.134. The normalized spacial score (nSPS) is 15.0. The Hall–Kier alpha value is -2.46. The number of nitrogens with zero attached hydrogens (tertiary/aromatic N) is 1. The number of rotatable bonds is 5. The van der Waals surface area contributed by atoms with Crippen molar-refractivity contribution in [3.05, 3.63) is 47.5 Å². The van der Waals surface area contributed by atoms with Crippen LogP contribution in [0, 0.1) is 0 Å². The van der Waals surface area contributed by atoms with E-state index in [9.17, 15) is 31.2 Å². The van der Waals surface area contributed by atoms with Crippen LogP contribution in [0.25, 0.3) is 10.8 Å². The number of carbonyl (C=O) groups is 2. The first-order valence-electron chi connectivity index (χ1n) is 7.49. The number of imide groups is 1. The molecule has 0 saturated carbocycles. The molecule has 0 radical (unpaired) electrons. The quantitative estimate of drug-likeness (QED) is 0.737. The maximum Gasteiger partial charge on any atom is 0.389 e. The summed E-state index contributed by atoms with van der Waals surface area (Å²) in [6, 6.07) is 9.32. The summed E-state index contributed by atoms with van der Waals surface area (Å²) in [4.78, 5) is 24.9. The van der Waals surface area contributed by atoms with E-state index in [1.165, 1.54) is 12.1 Å². The molecule has 1 aliphatic heterocycles. The lowest BCUT2D eigenvalue weighted by atomic mass is 9.95. The summed E-state index contributed by atoms with van der Waals surface area (Å²) in [5.41, 5.74) is 0.145. The highest BCUT2D eigenvalue weighted by Gasteiger charge is 2.37. The molecule has 0 aromatic heterocycles. The van der Waals surface area contributed by atoms with Crippen LogP contribution in [0.2, 0.25) is 0 Å². The summed E-state index contributed by atoms with van der Waals surface area (Å²) in [7, 11) is -4.56. The number of alkyl halides is 3. The van der Waals surface area contributed by atoms with Crippen LogP contribution in [-0.2, 0) is 14.4 Å². The fourth-order valence-corrected chi connectivity index (χ4v) is 3.61. The highest BCUT2D eigenvalue weighted by atomic mass is 32.2. The third kappa shape index (κ3) is 3.56. The van der Waals surface area contributed by atoms with Gasteiger partial charge in [-0.1, -0.05) is 24.3 Å². The minimum atomic E-state index is -4.56. The van der Waals surface area contributed by atoms with Gasteiger partial charge in [-0.25, -0.2) is 0 Å². The van der Waals surface area contributed by atoms with Crippen molar-refractivity contribution in [2.24, 2.45) is 0 Å². The summed E-state index contributed by atoms with van der Waals surface area (Å²) in [5, 5.41) is 1.08. The van der Waals surface area contributed by atoms with E-state index in [-0.39, 0.29) is 16.2 Å². The molecule has 138 valence electrons. The van der Waals surface area contributed by atoms with Crippen molar-refractivity contribution in [2.75, 3.05) is 5.75 Å². The van der Waals surface area contributed by atoms with Gasteiger partial charge in [0.1, 0.15) is 0 Å². The van der Waals surface area contributed by atoms with Crippen molar-refractivity contribution < 1.29 is 35.5 Å². The zero-order valence-electron chi connectivity index (χ0n) is 13.1. The largest absolute Gasteiger partial charge is 0.389 e. The van der Waals surface area contributed by atoms with E-state index in [1.807, 2.05) is 0 Å². The minimum absolute atomic E-state index is 0.0724. The Morgan fingerprint density at radius 3 is 2.00 bits per heavy atom. The molecule has 2 aromatic carbocycles. The monoisotopic (exact) mass is 387 g/mol. The van der Waals surface area contributed by atoms with E-state index in [1.54, 1.807) is 24.3 Å². The van der Waals surface area contributed by atoms with Crippen LogP contribution in [0.4, 0.5) is 13.2 Å². The molecule has 2 aromatic rings. The highest BCUT2D eigenvalue weighted by Crippen LogP contribution is 2.30. The molecule has 10 heteroatoms. The second-order valence-electron chi connectivity index (χ2n) is 5.67. The summed E-state index contributed by atoms with van der Waals surface area (Å²) in [6.07, 6.45) is -6.57. The van der Waals surface area contributed by atoms with Crippen LogP contribution < -0.4 is 0 Å². The van der Waals surface area contributed by atoms with Crippen LogP contribution in [0.3, 0.4) is 0 Å². The second-order valence-corrected chi connectivity index (χ2v) is 7.34. The summed E-state index contributed by atoms with van der Waals surface area (Å²) >= 11 is 0. The van der Waals surface area contributed by atoms with Gasteiger partial charge in [0.05, 0.1) is 16.9 Å². The zero-order valence-corrected chi connectivity index (χ0v) is 13.9. The van der Waals surface area contributed by atoms with E-state index in [4.69, 9.17) is 0 Å². The van der Waals surface area contributed by atoms with E-state index in [0.717, 1.165) is 0 Å². The average Bonchev–Trinajstić information content (AvgIpc) is 2.55. The van der Waals surface area contributed by atoms with Gasteiger partial charge in [0, 0.05) is 11.8 Å². The molecule has 0 fully saturated rings. The number of amides is 2. The number of halogens is 3. The Morgan fingerprint density at radius 1 is 0.962 bits per heavy atom. The fraction of sp³-hybridized carbons (Fsp3) is 0.250. The van der Waals surface area contributed by atoms with Gasteiger partial charge >= 0.3 is 6.18 Å². The summed E-state index contributed by atoms with van der Waals surface area (Å²) in [6.45, 7) is 0. The molecular formula is C16H12F3NO5S. The molecule has 6 nitrogen and oxygen atoms in total. The molecule has 2 amide bonds. The Labute approximate surface area is 146 Å². The number of hydroxylamine groups is 2. The van der Waals surface area contributed by atoms with Crippen LogP contribution in [0.5, 0.6) is 0 Å². The van der Waals surface area contributed by atoms with Crippen molar-refractivity contribution in [3.8, 4) is 0 Å². The number of hydrogen-bond acceptors (Lipinski definition) is 5. The molecule has 0 saturated heterocycles. The maximum absolute atomic E-state index is 12.5. The van der Waals surface area contributed by atoms with Crippen molar-refractivity contribution in [1.29, 1.82) is 0 Å². The minimum Gasteiger partial charge on any atom is -0.266 e. The van der Waals surface area contributed by atoms with E-state index in [2.05, 4.69) is 4.28 Å².